The molecule has 190 valence electrons. The minimum Gasteiger partial charge on any atom is -0.491 e. The van der Waals surface area contributed by atoms with Crippen molar-refractivity contribution in [3.05, 3.63) is 48.5 Å². The number of unbranched alkanes of at least 4 members (excludes halogenated alkanes) is 7. The van der Waals surface area contributed by atoms with Gasteiger partial charge in [-0.15, -0.1) is 0 Å². The normalized spacial score (nSPS) is 10.6. The molecule has 0 saturated carbocycles. The van der Waals surface area contributed by atoms with E-state index in [1.807, 2.05) is 48.5 Å². The highest BCUT2D eigenvalue weighted by Crippen LogP contribution is 2.31. The lowest BCUT2D eigenvalue weighted by molar-refractivity contribution is -0.138. The Hall–Kier alpha value is -3.35. The average Bonchev–Trinajstić information content (AvgIpc) is 2.84. The van der Waals surface area contributed by atoms with Crippen LogP contribution in [0.25, 0.3) is 11.1 Å². The van der Waals surface area contributed by atoms with Crippen molar-refractivity contribution >= 4 is 23.5 Å². The fourth-order valence-corrected chi connectivity index (χ4v) is 3.80. The summed E-state index contributed by atoms with van der Waals surface area (Å²) in [5.74, 6) is -1.13. The molecule has 0 saturated heterocycles. The summed E-state index contributed by atoms with van der Waals surface area (Å²) in [6.45, 7) is 0.260. The van der Waals surface area contributed by atoms with Crippen LogP contribution in [0.15, 0.2) is 48.5 Å². The third kappa shape index (κ3) is 12.1. The summed E-state index contributed by atoms with van der Waals surface area (Å²) in [4.78, 5) is 33.8. The Kier molecular flexibility index (Phi) is 13.0. The minimum atomic E-state index is -0.861. The average molecular weight is 484 g/mol. The summed E-state index contributed by atoms with van der Waals surface area (Å²) in [5.41, 5.74) is 2.58. The van der Waals surface area contributed by atoms with Crippen molar-refractivity contribution in [2.24, 2.45) is 0 Å². The highest BCUT2D eigenvalue weighted by atomic mass is 16.5. The predicted molar refractivity (Wildman–Crippen MR) is 137 cm³/mol. The zero-order valence-electron chi connectivity index (χ0n) is 20.3. The van der Waals surface area contributed by atoms with Crippen molar-refractivity contribution in [3.8, 4) is 16.9 Å². The summed E-state index contributed by atoms with van der Waals surface area (Å²) in [5, 5.41) is 20.4. The van der Waals surface area contributed by atoms with Crippen LogP contribution in [0.1, 0.15) is 77.0 Å². The first-order chi connectivity index (χ1) is 17.0. The maximum Gasteiger partial charge on any atom is 0.303 e. The van der Waals surface area contributed by atoms with Gasteiger partial charge in [-0.2, -0.15) is 0 Å². The molecule has 0 heterocycles. The van der Waals surface area contributed by atoms with E-state index in [-0.39, 0.29) is 25.4 Å². The standard InChI is InChI=1S/C28H37NO6/c30-26(15-10-5-3-1-2-4-6-11-16-27(31)32)29-24-21-23(22-13-8-7-9-14-22)18-19-25(24)35-20-12-17-28(33)34/h7-9,13-14,18-19,21H,1-6,10-12,15-17,20H2,(H,29,30)(H,31,32)(H,33,34). The van der Waals surface area contributed by atoms with Crippen LogP contribution in [-0.2, 0) is 14.4 Å². The number of rotatable bonds is 18. The molecule has 7 nitrogen and oxygen atoms in total. The molecule has 3 N–H and O–H groups in total. The van der Waals surface area contributed by atoms with Crippen molar-refractivity contribution < 1.29 is 29.3 Å². The SMILES string of the molecule is O=C(O)CCCCCCCCCCC(=O)Nc1cc(-c2ccccc2)ccc1OCCCC(=O)O. The van der Waals surface area contributed by atoms with Gasteiger partial charge in [0.25, 0.3) is 0 Å². The van der Waals surface area contributed by atoms with Crippen LogP contribution in [0.3, 0.4) is 0 Å². The van der Waals surface area contributed by atoms with Gasteiger partial charge in [0.2, 0.25) is 5.91 Å². The van der Waals surface area contributed by atoms with E-state index in [1.165, 1.54) is 0 Å². The molecule has 7 heteroatoms. The second kappa shape index (κ2) is 16.3. The Morgan fingerprint density at radius 3 is 1.86 bits per heavy atom. The fourth-order valence-electron chi connectivity index (χ4n) is 3.80. The molecule has 0 unspecified atom stereocenters. The molecule has 0 atom stereocenters. The number of hydrogen-bond acceptors (Lipinski definition) is 4. The largest absolute Gasteiger partial charge is 0.491 e. The number of ether oxygens (including phenoxy) is 1. The lowest BCUT2D eigenvalue weighted by Crippen LogP contribution is -2.13. The number of benzene rings is 2. The first kappa shape index (κ1) is 27.9. The highest BCUT2D eigenvalue weighted by molar-refractivity contribution is 5.93. The zero-order chi connectivity index (χ0) is 25.3. The molecule has 2 aromatic rings. The van der Waals surface area contributed by atoms with E-state index < -0.39 is 11.9 Å². The van der Waals surface area contributed by atoms with Crippen LogP contribution in [0.2, 0.25) is 0 Å². The maximum absolute atomic E-state index is 12.6. The third-order valence-electron chi connectivity index (χ3n) is 5.70. The molecule has 0 bridgehead atoms. The van der Waals surface area contributed by atoms with Gasteiger partial charge >= 0.3 is 11.9 Å². The zero-order valence-corrected chi connectivity index (χ0v) is 20.3. The first-order valence-corrected chi connectivity index (χ1v) is 12.5. The molecule has 0 aliphatic carbocycles. The molecule has 2 rings (SSSR count). The van der Waals surface area contributed by atoms with Gasteiger partial charge in [-0.3, -0.25) is 14.4 Å². The Bertz CT molecular complexity index is 928. The number of carbonyl (C=O) groups excluding carboxylic acids is 1. The molecule has 2 aromatic carbocycles. The number of nitrogens with one attached hydrogen (secondary N) is 1. The number of aliphatic carboxylic acids is 2. The van der Waals surface area contributed by atoms with Gasteiger partial charge in [-0.25, -0.2) is 0 Å². The summed E-state index contributed by atoms with van der Waals surface area (Å²) in [6, 6.07) is 15.5. The topological polar surface area (TPSA) is 113 Å². The number of carboxylic acid groups (broad SMARTS) is 2. The molecule has 0 aliphatic heterocycles. The van der Waals surface area contributed by atoms with Crippen LogP contribution in [0, 0.1) is 0 Å². The van der Waals surface area contributed by atoms with Crippen molar-refractivity contribution in [2.45, 2.75) is 77.0 Å². The van der Waals surface area contributed by atoms with Gasteiger partial charge in [0.05, 0.1) is 12.3 Å². The van der Waals surface area contributed by atoms with Gasteiger partial charge in [0, 0.05) is 19.3 Å². The summed E-state index contributed by atoms with van der Waals surface area (Å²) >= 11 is 0. The smallest absolute Gasteiger partial charge is 0.303 e. The number of hydrogen-bond donors (Lipinski definition) is 3. The second-order valence-electron chi connectivity index (χ2n) is 8.69. The summed E-state index contributed by atoms with van der Waals surface area (Å²) in [7, 11) is 0. The van der Waals surface area contributed by atoms with E-state index in [1.54, 1.807) is 0 Å². The quantitative estimate of drug-likeness (QED) is 0.208. The van der Waals surface area contributed by atoms with Crippen LogP contribution < -0.4 is 10.1 Å². The molecule has 0 fully saturated rings. The number of amides is 1. The van der Waals surface area contributed by atoms with E-state index in [0.29, 0.717) is 24.3 Å². The molecular formula is C28H37NO6. The van der Waals surface area contributed by atoms with E-state index in [2.05, 4.69) is 5.32 Å². The van der Waals surface area contributed by atoms with Crippen molar-refractivity contribution in [1.82, 2.24) is 0 Å². The lowest BCUT2D eigenvalue weighted by Gasteiger charge is -2.14. The van der Waals surface area contributed by atoms with Crippen LogP contribution in [0.4, 0.5) is 5.69 Å². The molecule has 0 aliphatic rings. The summed E-state index contributed by atoms with van der Waals surface area (Å²) < 4.78 is 5.78. The monoisotopic (exact) mass is 483 g/mol. The van der Waals surface area contributed by atoms with Crippen LogP contribution in [-0.4, -0.2) is 34.7 Å². The number of carbonyl (C=O) groups is 3. The van der Waals surface area contributed by atoms with Gasteiger partial charge in [0.15, 0.2) is 0 Å². The molecular weight excluding hydrogens is 446 g/mol. The van der Waals surface area contributed by atoms with Crippen molar-refractivity contribution in [2.75, 3.05) is 11.9 Å². The fraction of sp³-hybridized carbons (Fsp3) is 0.464. The third-order valence-corrected chi connectivity index (χ3v) is 5.70. The van der Waals surface area contributed by atoms with E-state index >= 15 is 0 Å². The van der Waals surface area contributed by atoms with Gasteiger partial charge in [0.1, 0.15) is 5.75 Å². The Labute approximate surface area is 207 Å². The van der Waals surface area contributed by atoms with E-state index in [4.69, 9.17) is 14.9 Å². The number of anilines is 1. The second-order valence-corrected chi connectivity index (χ2v) is 8.69. The molecule has 35 heavy (non-hydrogen) atoms. The number of carboxylic acids is 2. The van der Waals surface area contributed by atoms with Crippen molar-refractivity contribution in [1.29, 1.82) is 0 Å². The Morgan fingerprint density at radius 2 is 1.23 bits per heavy atom. The van der Waals surface area contributed by atoms with E-state index in [9.17, 15) is 14.4 Å². The molecule has 0 aromatic heterocycles. The molecule has 0 spiro atoms. The van der Waals surface area contributed by atoms with E-state index in [0.717, 1.165) is 62.5 Å². The first-order valence-electron chi connectivity index (χ1n) is 12.5. The minimum absolute atomic E-state index is 0.0339. The van der Waals surface area contributed by atoms with Gasteiger partial charge < -0.3 is 20.3 Å². The molecule has 1 amide bonds. The van der Waals surface area contributed by atoms with Crippen LogP contribution >= 0.6 is 0 Å². The predicted octanol–water partition coefficient (Wildman–Crippen LogP) is 6.52. The highest BCUT2D eigenvalue weighted by Gasteiger charge is 2.11. The van der Waals surface area contributed by atoms with Crippen molar-refractivity contribution in [3.63, 3.8) is 0 Å². The van der Waals surface area contributed by atoms with Crippen LogP contribution in [0.5, 0.6) is 5.75 Å². The molecule has 0 radical (unpaired) electrons. The van der Waals surface area contributed by atoms with Gasteiger partial charge in [-0.1, -0.05) is 74.9 Å². The Balaban J connectivity index is 1.80. The maximum atomic E-state index is 12.6. The Morgan fingerprint density at radius 1 is 0.657 bits per heavy atom. The lowest BCUT2D eigenvalue weighted by atomic mass is 10.0. The summed E-state index contributed by atoms with van der Waals surface area (Å²) in [6.07, 6.45) is 8.89. The van der Waals surface area contributed by atoms with Gasteiger partial charge in [-0.05, 0) is 42.5 Å².